The van der Waals surface area contributed by atoms with E-state index in [9.17, 15) is 15.0 Å². The summed E-state index contributed by atoms with van der Waals surface area (Å²) >= 11 is 0. The Morgan fingerprint density at radius 2 is 2.00 bits per heavy atom. The Balaban J connectivity index is 1.66. The van der Waals surface area contributed by atoms with Crippen LogP contribution >= 0.6 is 0 Å². The molecule has 0 saturated carbocycles. The van der Waals surface area contributed by atoms with Gasteiger partial charge in [-0.05, 0) is 63.3 Å². The monoisotopic (exact) mass is 316 g/mol. The van der Waals surface area contributed by atoms with Crippen LogP contribution in [0.15, 0.2) is 24.3 Å². The number of benzene rings is 1. The minimum Gasteiger partial charge on any atom is -0.508 e. The zero-order valence-electron chi connectivity index (χ0n) is 13.7. The van der Waals surface area contributed by atoms with Crippen LogP contribution in [0.3, 0.4) is 0 Å². The molecule has 0 radical (unpaired) electrons. The van der Waals surface area contributed by atoms with Gasteiger partial charge in [0, 0.05) is 24.0 Å². The molecule has 1 aromatic heterocycles. The van der Waals surface area contributed by atoms with Crippen molar-refractivity contribution in [3.05, 3.63) is 30.0 Å². The highest BCUT2D eigenvalue weighted by molar-refractivity contribution is 5.98. The van der Waals surface area contributed by atoms with Gasteiger partial charge in [0.05, 0.1) is 5.60 Å². The Hall–Kier alpha value is -2.01. The highest BCUT2D eigenvalue weighted by Gasteiger charge is 2.27. The first-order chi connectivity index (χ1) is 10.8. The minimum absolute atomic E-state index is 0.00222. The fraction of sp³-hybridized carbons (Fsp3) is 0.500. The topological polar surface area (TPSA) is 76.6 Å². The summed E-state index contributed by atoms with van der Waals surface area (Å²) in [5, 5.41) is 20.3. The fourth-order valence-corrected chi connectivity index (χ4v) is 3.45. The second-order valence-electron chi connectivity index (χ2n) is 7.21. The van der Waals surface area contributed by atoms with Crippen molar-refractivity contribution in [2.75, 3.05) is 13.1 Å². The Morgan fingerprint density at radius 3 is 2.65 bits per heavy atom. The van der Waals surface area contributed by atoms with Gasteiger partial charge in [-0.2, -0.15) is 0 Å². The smallest absolute Gasteiger partial charge is 0.270 e. The molecular weight excluding hydrogens is 292 g/mol. The number of nitrogens with one attached hydrogen (secondary N) is 1. The van der Waals surface area contributed by atoms with E-state index in [4.69, 9.17) is 0 Å². The summed E-state index contributed by atoms with van der Waals surface area (Å²) in [6.07, 6.45) is 2.63. The number of piperidine rings is 1. The highest BCUT2D eigenvalue weighted by Crippen LogP contribution is 2.27. The lowest BCUT2D eigenvalue weighted by Gasteiger charge is -2.34. The first-order valence-corrected chi connectivity index (χ1v) is 8.15. The Morgan fingerprint density at radius 1 is 1.30 bits per heavy atom. The third kappa shape index (κ3) is 3.67. The lowest BCUT2D eigenvalue weighted by molar-refractivity contribution is 0.0357. The molecule has 2 heterocycles. The number of phenolic OH excluding ortho intramolecular Hbond substituents is 1. The molecular formula is C18H24N2O3. The van der Waals surface area contributed by atoms with Crippen LogP contribution in [-0.2, 0) is 0 Å². The molecule has 1 fully saturated rings. The first kappa shape index (κ1) is 15.9. The highest BCUT2D eigenvalue weighted by atomic mass is 16.3. The van der Waals surface area contributed by atoms with Crippen molar-refractivity contribution in [3.8, 4) is 5.75 Å². The number of likely N-dealkylation sites (tertiary alicyclic amines) is 1. The van der Waals surface area contributed by atoms with Crippen LogP contribution in [0, 0.1) is 5.92 Å². The first-order valence-electron chi connectivity index (χ1n) is 8.15. The number of aromatic hydroxyl groups is 1. The molecule has 1 amide bonds. The molecule has 5 nitrogen and oxygen atoms in total. The molecule has 1 aliphatic heterocycles. The molecule has 1 aliphatic rings. The van der Waals surface area contributed by atoms with Crippen LogP contribution in [0.5, 0.6) is 5.75 Å². The molecule has 5 heteroatoms. The number of aromatic amines is 1. The summed E-state index contributed by atoms with van der Waals surface area (Å²) in [5.41, 5.74) is 0.769. The molecule has 0 atom stereocenters. The predicted octanol–water partition coefficient (Wildman–Crippen LogP) is 2.89. The lowest BCUT2D eigenvalue weighted by atomic mass is 9.86. The molecule has 0 bridgehead atoms. The van der Waals surface area contributed by atoms with Gasteiger partial charge in [-0.15, -0.1) is 0 Å². The second kappa shape index (κ2) is 5.89. The number of carbonyl (C=O) groups is 1. The van der Waals surface area contributed by atoms with Crippen LogP contribution in [0.25, 0.3) is 10.9 Å². The lowest BCUT2D eigenvalue weighted by Crippen LogP contribution is -2.40. The van der Waals surface area contributed by atoms with Crippen LogP contribution in [-0.4, -0.2) is 44.7 Å². The number of amides is 1. The molecule has 1 saturated heterocycles. The van der Waals surface area contributed by atoms with E-state index < -0.39 is 5.60 Å². The number of aliphatic hydroxyl groups is 1. The molecule has 23 heavy (non-hydrogen) atoms. The summed E-state index contributed by atoms with van der Waals surface area (Å²) < 4.78 is 0. The van der Waals surface area contributed by atoms with Gasteiger partial charge in [0.2, 0.25) is 0 Å². The van der Waals surface area contributed by atoms with Gasteiger partial charge in [-0.3, -0.25) is 4.79 Å². The van der Waals surface area contributed by atoms with Crippen molar-refractivity contribution in [1.82, 2.24) is 9.88 Å². The Kier molecular flexibility index (Phi) is 4.06. The van der Waals surface area contributed by atoms with Crippen LogP contribution in [0.2, 0.25) is 0 Å². The van der Waals surface area contributed by atoms with E-state index in [0.717, 1.165) is 43.3 Å². The number of hydrogen-bond donors (Lipinski definition) is 3. The third-order valence-corrected chi connectivity index (χ3v) is 4.52. The largest absolute Gasteiger partial charge is 0.508 e. The maximum Gasteiger partial charge on any atom is 0.270 e. The number of carbonyl (C=O) groups excluding carboxylic acids is 1. The van der Waals surface area contributed by atoms with E-state index in [0.29, 0.717) is 11.6 Å². The number of fused-ring (bicyclic) bond motifs is 1. The van der Waals surface area contributed by atoms with E-state index in [1.807, 2.05) is 18.7 Å². The molecule has 124 valence electrons. The van der Waals surface area contributed by atoms with Crippen LogP contribution in [0.4, 0.5) is 0 Å². The Labute approximate surface area is 135 Å². The molecule has 0 aliphatic carbocycles. The maximum absolute atomic E-state index is 12.6. The van der Waals surface area contributed by atoms with E-state index in [1.165, 1.54) is 0 Å². The Bertz CT molecular complexity index is 707. The molecule has 0 unspecified atom stereocenters. The van der Waals surface area contributed by atoms with E-state index in [2.05, 4.69) is 4.98 Å². The summed E-state index contributed by atoms with van der Waals surface area (Å²) in [6, 6.07) is 6.82. The molecule has 3 N–H and O–H groups in total. The number of aromatic nitrogens is 1. The average molecular weight is 316 g/mol. The molecule has 2 aromatic rings. The summed E-state index contributed by atoms with van der Waals surface area (Å²) in [4.78, 5) is 17.6. The fourth-order valence-electron chi connectivity index (χ4n) is 3.45. The third-order valence-electron chi connectivity index (χ3n) is 4.52. The van der Waals surface area contributed by atoms with Crippen molar-refractivity contribution in [1.29, 1.82) is 0 Å². The summed E-state index contributed by atoms with van der Waals surface area (Å²) in [5.74, 6) is 0.670. The zero-order valence-corrected chi connectivity index (χ0v) is 13.7. The van der Waals surface area contributed by atoms with Gasteiger partial charge in [0.15, 0.2) is 0 Å². The van der Waals surface area contributed by atoms with Crippen molar-refractivity contribution >= 4 is 16.8 Å². The van der Waals surface area contributed by atoms with Gasteiger partial charge in [0.25, 0.3) is 5.91 Å². The van der Waals surface area contributed by atoms with Gasteiger partial charge >= 0.3 is 0 Å². The number of nitrogens with zero attached hydrogens (tertiary/aromatic N) is 1. The van der Waals surface area contributed by atoms with E-state index in [1.54, 1.807) is 24.3 Å². The van der Waals surface area contributed by atoms with Crippen molar-refractivity contribution in [2.24, 2.45) is 5.92 Å². The van der Waals surface area contributed by atoms with Gasteiger partial charge < -0.3 is 20.1 Å². The quantitative estimate of drug-likeness (QED) is 0.815. The van der Waals surface area contributed by atoms with Crippen molar-refractivity contribution in [3.63, 3.8) is 0 Å². The number of H-pyrrole nitrogens is 1. The van der Waals surface area contributed by atoms with Crippen LogP contribution < -0.4 is 0 Å². The van der Waals surface area contributed by atoms with E-state index >= 15 is 0 Å². The normalized spacial score (nSPS) is 16.9. The van der Waals surface area contributed by atoms with Gasteiger partial charge in [0.1, 0.15) is 11.4 Å². The molecule has 3 rings (SSSR count). The number of hydrogen-bond acceptors (Lipinski definition) is 3. The van der Waals surface area contributed by atoms with E-state index in [-0.39, 0.29) is 11.7 Å². The standard InChI is InChI=1S/C18H24N2O3/c1-18(2,23)11-12-5-7-20(8-6-12)17(22)16-10-13-9-14(21)3-4-15(13)19-16/h3-4,9-10,12,19,21,23H,5-8,11H2,1-2H3. The van der Waals surface area contributed by atoms with Crippen molar-refractivity contribution < 1.29 is 15.0 Å². The molecule has 0 spiro atoms. The van der Waals surface area contributed by atoms with Gasteiger partial charge in [-0.1, -0.05) is 0 Å². The average Bonchev–Trinajstić information content (AvgIpc) is 2.88. The minimum atomic E-state index is -0.643. The van der Waals surface area contributed by atoms with Gasteiger partial charge in [-0.25, -0.2) is 0 Å². The van der Waals surface area contributed by atoms with Crippen LogP contribution in [0.1, 0.15) is 43.6 Å². The maximum atomic E-state index is 12.6. The summed E-state index contributed by atoms with van der Waals surface area (Å²) in [6.45, 7) is 5.12. The second-order valence-corrected chi connectivity index (χ2v) is 7.21. The predicted molar refractivity (Wildman–Crippen MR) is 89.5 cm³/mol. The summed E-state index contributed by atoms with van der Waals surface area (Å²) in [7, 11) is 0. The zero-order chi connectivity index (χ0) is 16.6. The SMILES string of the molecule is CC(C)(O)CC1CCN(C(=O)c2cc3cc(O)ccc3[nH]2)CC1. The number of phenols is 1. The molecule has 1 aromatic carbocycles. The number of rotatable bonds is 3. The van der Waals surface area contributed by atoms with Crippen molar-refractivity contribution in [2.45, 2.75) is 38.7 Å².